The van der Waals surface area contributed by atoms with Crippen molar-refractivity contribution >= 4 is 15.9 Å². The molecule has 2 aromatic carbocycles. The maximum atomic E-state index is 3.83. The maximum Gasteiger partial charge on any atom is 0.0256 e. The maximum absolute atomic E-state index is 3.83. The van der Waals surface area contributed by atoms with E-state index in [2.05, 4.69) is 101 Å². The Morgan fingerprint density at radius 3 is 1.74 bits per heavy atom. The van der Waals surface area contributed by atoms with Gasteiger partial charge in [0.2, 0.25) is 0 Å². The molecule has 2 aromatic rings. The van der Waals surface area contributed by atoms with Gasteiger partial charge in [-0.2, -0.15) is 0 Å². The zero-order valence-electron chi connectivity index (χ0n) is 15.3. The number of fused-ring (bicyclic) bond motifs is 1. The largest absolute Gasteiger partial charge is 0.0587 e. The average molecular weight is 371 g/mol. The van der Waals surface area contributed by atoms with Crippen LogP contribution in [0.15, 0.2) is 40.9 Å². The smallest absolute Gasteiger partial charge is 0.0256 e. The molecule has 0 aliphatic heterocycles. The summed E-state index contributed by atoms with van der Waals surface area (Å²) in [5.74, 6) is 0. The summed E-state index contributed by atoms with van der Waals surface area (Å²) in [6.07, 6.45) is 0. The lowest BCUT2D eigenvalue weighted by molar-refractivity contribution is 0.125. The Labute approximate surface area is 149 Å². The first-order valence-electron chi connectivity index (χ1n) is 8.42. The van der Waals surface area contributed by atoms with E-state index in [1.807, 2.05) is 0 Å². The van der Waals surface area contributed by atoms with Crippen LogP contribution < -0.4 is 0 Å². The van der Waals surface area contributed by atoms with Crippen molar-refractivity contribution < 1.29 is 0 Å². The molecule has 0 amide bonds. The van der Waals surface area contributed by atoms with Crippen LogP contribution in [0.2, 0.25) is 0 Å². The van der Waals surface area contributed by atoms with Gasteiger partial charge in [0.05, 0.1) is 0 Å². The van der Waals surface area contributed by atoms with Crippen LogP contribution in [0.5, 0.6) is 0 Å². The molecule has 0 saturated heterocycles. The van der Waals surface area contributed by atoms with Gasteiger partial charge in [0, 0.05) is 4.47 Å². The van der Waals surface area contributed by atoms with E-state index in [9.17, 15) is 0 Å². The molecule has 0 unspecified atom stereocenters. The second-order valence-corrected chi connectivity index (χ2v) is 9.47. The number of hydrogen-bond donors (Lipinski definition) is 0. The molecule has 0 saturated carbocycles. The van der Waals surface area contributed by atoms with E-state index in [4.69, 9.17) is 0 Å². The van der Waals surface area contributed by atoms with Crippen LogP contribution in [0.4, 0.5) is 0 Å². The van der Waals surface area contributed by atoms with Crippen LogP contribution >= 0.6 is 15.9 Å². The zero-order valence-corrected chi connectivity index (χ0v) is 16.9. The van der Waals surface area contributed by atoms with Gasteiger partial charge in [-0.25, -0.2) is 0 Å². The first kappa shape index (κ1) is 16.8. The zero-order chi connectivity index (χ0) is 17.2. The molecular formula is C22H27Br. The van der Waals surface area contributed by atoms with Crippen LogP contribution in [0.25, 0.3) is 11.1 Å². The minimum Gasteiger partial charge on any atom is -0.0587 e. The minimum atomic E-state index is 0.145. The molecule has 1 aliphatic rings. The summed E-state index contributed by atoms with van der Waals surface area (Å²) >= 11 is 3.83. The summed E-state index contributed by atoms with van der Waals surface area (Å²) < 4.78 is 1.20. The Balaban J connectivity index is 2.26. The van der Waals surface area contributed by atoms with Crippen LogP contribution in [0, 0.1) is 12.3 Å². The fourth-order valence-electron chi connectivity index (χ4n) is 4.02. The van der Waals surface area contributed by atoms with Crippen LogP contribution in [-0.2, 0) is 10.8 Å². The highest BCUT2D eigenvalue weighted by Gasteiger charge is 2.56. The first-order valence-corrected chi connectivity index (χ1v) is 9.21. The van der Waals surface area contributed by atoms with Crippen molar-refractivity contribution in [3.8, 4) is 11.1 Å². The molecule has 0 fully saturated rings. The van der Waals surface area contributed by atoms with Gasteiger partial charge in [-0.15, -0.1) is 0 Å². The van der Waals surface area contributed by atoms with Crippen molar-refractivity contribution in [2.75, 3.05) is 0 Å². The summed E-state index contributed by atoms with van der Waals surface area (Å²) in [4.78, 5) is 0. The van der Waals surface area contributed by atoms with E-state index in [0.29, 0.717) is 0 Å². The quantitative estimate of drug-likeness (QED) is 0.505. The van der Waals surface area contributed by atoms with Crippen molar-refractivity contribution in [2.24, 2.45) is 5.41 Å². The second kappa shape index (κ2) is 4.96. The fourth-order valence-corrected chi connectivity index (χ4v) is 4.59. The number of benzene rings is 2. The van der Waals surface area contributed by atoms with Gasteiger partial charge < -0.3 is 0 Å². The van der Waals surface area contributed by atoms with E-state index >= 15 is 0 Å². The molecule has 0 spiro atoms. The third-order valence-corrected chi connectivity index (χ3v) is 7.60. The lowest BCUT2D eigenvalue weighted by atomic mass is 9.59. The van der Waals surface area contributed by atoms with Gasteiger partial charge in [-0.05, 0) is 57.6 Å². The van der Waals surface area contributed by atoms with Gasteiger partial charge in [0.15, 0.2) is 0 Å². The Bertz CT molecular complexity index is 761. The molecule has 0 radical (unpaired) electrons. The molecule has 1 heteroatoms. The molecule has 1 aliphatic carbocycles. The van der Waals surface area contributed by atoms with Gasteiger partial charge in [0.1, 0.15) is 0 Å². The van der Waals surface area contributed by atoms with E-state index in [0.717, 1.165) is 0 Å². The van der Waals surface area contributed by atoms with Crippen LogP contribution in [0.1, 0.15) is 58.2 Å². The molecule has 3 rings (SSSR count). The third-order valence-electron chi connectivity index (χ3n) is 6.94. The second-order valence-electron chi connectivity index (χ2n) is 8.62. The number of halogens is 1. The van der Waals surface area contributed by atoms with Crippen LogP contribution in [0.3, 0.4) is 0 Å². The highest BCUT2D eigenvalue weighted by atomic mass is 79.9. The fraction of sp³-hybridized carbons (Fsp3) is 0.455. The van der Waals surface area contributed by atoms with Crippen LogP contribution in [-0.4, -0.2) is 0 Å². The molecular weight excluding hydrogens is 344 g/mol. The topological polar surface area (TPSA) is 0 Å². The highest BCUT2D eigenvalue weighted by Crippen LogP contribution is 2.62. The average Bonchev–Trinajstić information content (AvgIpc) is 2.56. The van der Waals surface area contributed by atoms with E-state index in [1.165, 1.54) is 32.3 Å². The molecule has 0 N–H and O–H groups in total. The number of hydrogen-bond acceptors (Lipinski definition) is 0. The molecule has 0 nitrogen and oxygen atoms in total. The first-order chi connectivity index (χ1) is 10.5. The monoisotopic (exact) mass is 370 g/mol. The van der Waals surface area contributed by atoms with Crippen molar-refractivity contribution in [2.45, 2.75) is 59.3 Å². The van der Waals surface area contributed by atoms with E-state index in [1.54, 1.807) is 0 Å². The number of aryl methyl sites for hydroxylation is 1. The van der Waals surface area contributed by atoms with Gasteiger partial charge in [0.25, 0.3) is 0 Å². The highest BCUT2D eigenvalue weighted by molar-refractivity contribution is 9.10. The third kappa shape index (κ3) is 2.16. The van der Waals surface area contributed by atoms with E-state index < -0.39 is 0 Å². The Morgan fingerprint density at radius 2 is 1.22 bits per heavy atom. The van der Waals surface area contributed by atoms with Crippen molar-refractivity contribution in [3.63, 3.8) is 0 Å². The standard InChI is InChI=1S/C22H27Br/c1-14-8-10-15(11-9-14)16-12-17-18(13-19(16)23)21(4,5)22(6,7)20(17,2)3/h8-13H,1-7H3. The molecule has 122 valence electrons. The van der Waals surface area contributed by atoms with Gasteiger partial charge in [-0.1, -0.05) is 87.3 Å². The summed E-state index contributed by atoms with van der Waals surface area (Å²) in [5, 5.41) is 0. The SMILES string of the molecule is Cc1ccc(-c2cc3c(cc2Br)C(C)(C)C(C)(C)C3(C)C)cc1. The lowest BCUT2D eigenvalue weighted by Crippen LogP contribution is -2.42. The summed E-state index contributed by atoms with van der Waals surface area (Å²) in [7, 11) is 0. The van der Waals surface area contributed by atoms with Crippen molar-refractivity contribution in [1.82, 2.24) is 0 Å². The van der Waals surface area contributed by atoms with Gasteiger partial charge >= 0.3 is 0 Å². The lowest BCUT2D eigenvalue weighted by Gasteiger charge is -2.44. The Hall–Kier alpha value is -1.08. The summed E-state index contributed by atoms with van der Waals surface area (Å²) in [6, 6.07) is 13.6. The molecule has 0 atom stereocenters. The molecule has 0 aromatic heterocycles. The minimum absolute atomic E-state index is 0.145. The summed E-state index contributed by atoms with van der Waals surface area (Å²) in [5.41, 5.74) is 7.35. The van der Waals surface area contributed by atoms with Gasteiger partial charge in [-0.3, -0.25) is 0 Å². The normalized spacial score (nSPS) is 20.3. The molecule has 23 heavy (non-hydrogen) atoms. The Morgan fingerprint density at radius 1 is 0.739 bits per heavy atom. The van der Waals surface area contributed by atoms with Crippen molar-refractivity contribution in [3.05, 3.63) is 57.6 Å². The predicted molar refractivity (Wildman–Crippen MR) is 104 cm³/mol. The Kier molecular flexibility index (Phi) is 3.61. The van der Waals surface area contributed by atoms with Crippen molar-refractivity contribution in [1.29, 1.82) is 0 Å². The molecule has 0 bridgehead atoms. The summed E-state index contributed by atoms with van der Waals surface area (Å²) in [6.45, 7) is 16.5. The number of rotatable bonds is 1. The predicted octanol–water partition coefficient (Wildman–Crippen LogP) is 7.02. The van der Waals surface area contributed by atoms with E-state index in [-0.39, 0.29) is 16.2 Å². The molecule has 0 heterocycles.